The zero-order valence-electron chi connectivity index (χ0n) is 16.2. The van der Waals surface area contributed by atoms with Gasteiger partial charge >= 0.3 is 0 Å². The van der Waals surface area contributed by atoms with Crippen LogP contribution >= 0.6 is 11.8 Å². The van der Waals surface area contributed by atoms with Crippen LogP contribution in [0.3, 0.4) is 0 Å². The van der Waals surface area contributed by atoms with Crippen LogP contribution in [0.25, 0.3) is 10.9 Å². The number of nitrogens with zero attached hydrogens (tertiary/aromatic N) is 1. The van der Waals surface area contributed by atoms with Crippen LogP contribution < -0.4 is 10.9 Å². The maximum atomic E-state index is 12.4. The molecule has 160 valence electrons. The number of hydrogen-bond donors (Lipinski definition) is 2. The summed E-state index contributed by atoms with van der Waals surface area (Å²) in [5.41, 5.74) is 1.74. The molecule has 0 aliphatic carbocycles. The van der Waals surface area contributed by atoms with Crippen molar-refractivity contribution in [1.29, 1.82) is 0 Å². The normalized spacial score (nSPS) is 18.5. The number of benzene rings is 1. The first-order valence-corrected chi connectivity index (χ1v) is 11.4. The lowest BCUT2D eigenvalue weighted by Crippen LogP contribution is -2.19. The second kappa shape index (κ2) is 11.0. The number of hydrogen-bond acceptors (Lipinski definition) is 6. The highest BCUT2D eigenvalue weighted by Crippen LogP contribution is 2.25. The van der Waals surface area contributed by atoms with Gasteiger partial charge in [-0.1, -0.05) is 7.43 Å². The highest BCUT2D eigenvalue weighted by molar-refractivity contribution is 7.99. The van der Waals surface area contributed by atoms with E-state index >= 15 is 0 Å². The molecule has 2 N–H and O–H groups in total. The Bertz CT molecular complexity index is 830. The van der Waals surface area contributed by atoms with Crippen molar-refractivity contribution in [1.82, 2.24) is 9.97 Å². The molecule has 2 aromatic rings. The van der Waals surface area contributed by atoms with Gasteiger partial charge in [-0.3, -0.25) is 4.79 Å². The van der Waals surface area contributed by atoms with Gasteiger partial charge in [-0.15, -0.1) is 0 Å². The van der Waals surface area contributed by atoms with Crippen molar-refractivity contribution in [2.45, 2.75) is 50.5 Å². The Kier molecular flexibility index (Phi) is 8.39. The van der Waals surface area contributed by atoms with Crippen LogP contribution in [0.4, 0.5) is 5.69 Å². The zero-order valence-corrected chi connectivity index (χ0v) is 17.1. The van der Waals surface area contributed by atoms with E-state index < -0.39 is 0 Å². The molecule has 3 heterocycles. The fourth-order valence-electron chi connectivity index (χ4n) is 3.86. The smallest absolute Gasteiger partial charge is 0.258 e. The summed E-state index contributed by atoms with van der Waals surface area (Å²) in [6.45, 7) is 4.39. The third-order valence-corrected chi connectivity index (χ3v) is 6.99. The number of thioether (sulfide) groups is 1. The molecule has 0 saturated carbocycles. The van der Waals surface area contributed by atoms with E-state index in [9.17, 15) is 4.79 Å². The minimum Gasteiger partial charge on any atom is -0.385 e. The predicted molar refractivity (Wildman–Crippen MR) is 121 cm³/mol. The van der Waals surface area contributed by atoms with Gasteiger partial charge in [0.1, 0.15) is 5.82 Å². The minimum atomic E-state index is -0.0543. The van der Waals surface area contributed by atoms with Crippen molar-refractivity contribution < 1.29 is 9.47 Å². The standard InChI is InChI=1S/C21H29N3O3S.CH4/c25-21-18-2-1-16(22-8-3-15-4-9-26-10-5-15)13-19(18)23-20(24-21)14-28-17-6-11-27-12-7-17;/h1-2,13,15,17,22H,3-12,14H2,(H,23,24,25);1H4. The Morgan fingerprint density at radius 2 is 1.83 bits per heavy atom. The van der Waals surface area contributed by atoms with Crippen LogP contribution in [0, 0.1) is 5.92 Å². The Labute approximate surface area is 177 Å². The minimum absolute atomic E-state index is 0. The summed E-state index contributed by atoms with van der Waals surface area (Å²) in [4.78, 5) is 20.1. The Morgan fingerprint density at radius 3 is 2.59 bits per heavy atom. The molecule has 7 heteroatoms. The van der Waals surface area contributed by atoms with E-state index in [4.69, 9.17) is 14.5 Å². The fraction of sp³-hybridized carbons (Fsp3) is 0.636. The van der Waals surface area contributed by atoms with Gasteiger partial charge in [-0.25, -0.2) is 4.98 Å². The molecule has 2 fully saturated rings. The third kappa shape index (κ3) is 6.20. The number of ether oxygens (including phenoxy) is 2. The average Bonchev–Trinajstić information content (AvgIpc) is 2.74. The van der Waals surface area contributed by atoms with Gasteiger partial charge in [0.25, 0.3) is 5.56 Å². The van der Waals surface area contributed by atoms with Crippen LogP contribution in [-0.4, -0.2) is 48.2 Å². The van der Waals surface area contributed by atoms with Crippen molar-refractivity contribution in [2.24, 2.45) is 5.92 Å². The van der Waals surface area contributed by atoms with E-state index in [1.165, 1.54) is 0 Å². The molecule has 0 unspecified atom stereocenters. The summed E-state index contributed by atoms with van der Waals surface area (Å²) < 4.78 is 10.8. The molecule has 0 radical (unpaired) electrons. The molecule has 4 rings (SSSR count). The first-order valence-electron chi connectivity index (χ1n) is 10.3. The molecule has 1 aromatic heterocycles. The van der Waals surface area contributed by atoms with Crippen molar-refractivity contribution in [3.63, 3.8) is 0 Å². The SMILES string of the molecule is C.O=c1[nH]c(CSC2CCOCC2)nc2cc(NCCC3CCOCC3)ccc12. The number of nitrogens with one attached hydrogen (secondary N) is 2. The van der Waals surface area contributed by atoms with Crippen molar-refractivity contribution >= 4 is 28.4 Å². The van der Waals surface area contributed by atoms with Crippen LogP contribution in [0.15, 0.2) is 23.0 Å². The van der Waals surface area contributed by atoms with E-state index in [1.54, 1.807) is 0 Å². The number of aromatic nitrogens is 2. The van der Waals surface area contributed by atoms with Crippen LogP contribution in [0.1, 0.15) is 45.4 Å². The van der Waals surface area contributed by atoms with Crippen molar-refractivity contribution in [3.8, 4) is 0 Å². The molecule has 6 nitrogen and oxygen atoms in total. The molecule has 2 saturated heterocycles. The largest absolute Gasteiger partial charge is 0.385 e. The number of aromatic amines is 1. The van der Waals surface area contributed by atoms with Crippen molar-refractivity contribution in [2.75, 3.05) is 38.3 Å². The summed E-state index contributed by atoms with van der Waals surface area (Å²) in [5, 5.41) is 4.73. The summed E-state index contributed by atoms with van der Waals surface area (Å²) in [6, 6.07) is 5.84. The van der Waals surface area contributed by atoms with Gasteiger partial charge in [-0.2, -0.15) is 11.8 Å². The number of anilines is 1. The number of rotatable bonds is 7. The molecule has 0 atom stereocenters. The fourth-order valence-corrected chi connectivity index (χ4v) is 4.92. The lowest BCUT2D eigenvalue weighted by Gasteiger charge is -2.22. The summed E-state index contributed by atoms with van der Waals surface area (Å²) >= 11 is 1.86. The first kappa shape index (κ1) is 22.1. The highest BCUT2D eigenvalue weighted by atomic mass is 32.2. The number of fused-ring (bicyclic) bond motifs is 1. The van der Waals surface area contributed by atoms with E-state index in [1.807, 2.05) is 30.0 Å². The molecular weight excluding hydrogens is 386 g/mol. The second-order valence-electron chi connectivity index (χ2n) is 7.64. The maximum Gasteiger partial charge on any atom is 0.258 e. The van der Waals surface area contributed by atoms with Gasteiger partial charge in [0, 0.05) is 43.9 Å². The first-order chi connectivity index (χ1) is 13.8. The molecule has 1 aromatic carbocycles. The van der Waals surface area contributed by atoms with Gasteiger partial charge in [0.15, 0.2) is 0 Å². The maximum absolute atomic E-state index is 12.4. The van der Waals surface area contributed by atoms with Gasteiger partial charge < -0.3 is 19.8 Å². The monoisotopic (exact) mass is 419 g/mol. The molecule has 0 spiro atoms. The van der Waals surface area contributed by atoms with E-state index in [-0.39, 0.29) is 13.0 Å². The van der Waals surface area contributed by atoms with E-state index in [0.717, 1.165) is 93.8 Å². The molecular formula is C22H33N3O3S. The van der Waals surface area contributed by atoms with Gasteiger partial charge in [-0.05, 0) is 56.2 Å². The van der Waals surface area contributed by atoms with E-state index in [2.05, 4.69) is 10.3 Å². The van der Waals surface area contributed by atoms with Gasteiger partial charge in [0.05, 0.1) is 16.7 Å². The highest BCUT2D eigenvalue weighted by Gasteiger charge is 2.15. The summed E-state index contributed by atoms with van der Waals surface area (Å²) in [5.74, 6) is 2.24. The summed E-state index contributed by atoms with van der Waals surface area (Å²) in [6.07, 6.45) is 5.61. The summed E-state index contributed by atoms with van der Waals surface area (Å²) in [7, 11) is 0. The number of H-pyrrole nitrogens is 1. The molecule has 2 aliphatic heterocycles. The lowest BCUT2D eigenvalue weighted by molar-refractivity contribution is 0.0649. The second-order valence-corrected chi connectivity index (χ2v) is 8.93. The molecule has 29 heavy (non-hydrogen) atoms. The Hall–Kier alpha value is -1.57. The Balaban J connectivity index is 0.00000240. The van der Waals surface area contributed by atoms with E-state index in [0.29, 0.717) is 10.6 Å². The lowest BCUT2D eigenvalue weighted by atomic mass is 9.97. The molecule has 2 aliphatic rings. The van der Waals surface area contributed by atoms with Gasteiger partial charge in [0.2, 0.25) is 0 Å². The zero-order chi connectivity index (χ0) is 19.2. The Morgan fingerprint density at radius 1 is 1.10 bits per heavy atom. The third-order valence-electron chi connectivity index (χ3n) is 5.60. The predicted octanol–water partition coefficient (Wildman–Crippen LogP) is 4.20. The van der Waals surface area contributed by atoms with Crippen molar-refractivity contribution in [3.05, 3.63) is 34.4 Å². The molecule has 0 bridgehead atoms. The average molecular weight is 420 g/mol. The quantitative estimate of drug-likeness (QED) is 0.700. The molecule has 0 amide bonds. The topological polar surface area (TPSA) is 76.2 Å². The van der Waals surface area contributed by atoms with Crippen LogP contribution in [0.2, 0.25) is 0 Å². The van der Waals surface area contributed by atoms with Crippen LogP contribution in [-0.2, 0) is 15.2 Å². The van der Waals surface area contributed by atoms with Crippen LogP contribution in [0.5, 0.6) is 0 Å².